The predicted octanol–water partition coefficient (Wildman–Crippen LogP) is 0.554. The highest BCUT2D eigenvalue weighted by molar-refractivity contribution is 5.76. The van der Waals surface area contributed by atoms with Crippen LogP contribution in [0.2, 0.25) is 0 Å². The van der Waals surface area contributed by atoms with Crippen molar-refractivity contribution in [1.82, 2.24) is 5.06 Å². The molecule has 4 N–H and O–H groups in total. The number of aliphatic hydroxyl groups excluding tert-OH is 1. The molecule has 6 nitrogen and oxygen atoms in total. The number of benzene rings is 1. The topological polar surface area (TPSA) is 96.0 Å². The molecule has 0 radical (unpaired) electrons. The van der Waals surface area contributed by atoms with Gasteiger partial charge in [-0.15, -0.1) is 0 Å². The van der Waals surface area contributed by atoms with Crippen molar-refractivity contribution in [2.75, 3.05) is 13.2 Å². The van der Waals surface area contributed by atoms with Crippen LogP contribution in [-0.2, 0) is 11.2 Å². The van der Waals surface area contributed by atoms with Gasteiger partial charge in [0.05, 0.1) is 13.0 Å². The van der Waals surface area contributed by atoms with Crippen LogP contribution in [0.1, 0.15) is 19.4 Å². The van der Waals surface area contributed by atoms with Crippen molar-refractivity contribution in [3.05, 3.63) is 29.8 Å². The lowest BCUT2D eigenvalue weighted by Crippen LogP contribution is -2.37. The highest BCUT2D eigenvalue weighted by Crippen LogP contribution is 2.13. The van der Waals surface area contributed by atoms with Crippen LogP contribution < -0.4 is 10.5 Å². The van der Waals surface area contributed by atoms with Crippen molar-refractivity contribution in [2.24, 2.45) is 5.73 Å². The minimum atomic E-state index is -0.785. The number of amides is 1. The van der Waals surface area contributed by atoms with Crippen LogP contribution in [0.4, 0.5) is 0 Å². The first-order valence-electron chi connectivity index (χ1n) is 6.52. The summed E-state index contributed by atoms with van der Waals surface area (Å²) >= 11 is 0. The molecule has 1 atom stereocenters. The second-order valence-corrected chi connectivity index (χ2v) is 4.97. The minimum absolute atomic E-state index is 0.0577. The van der Waals surface area contributed by atoms with E-state index in [0.29, 0.717) is 5.75 Å². The summed E-state index contributed by atoms with van der Waals surface area (Å²) in [5.74, 6) is 0.206. The molecule has 0 aliphatic carbocycles. The maximum absolute atomic E-state index is 10.8. The Bertz CT molecular complexity index is 420. The van der Waals surface area contributed by atoms with Crippen molar-refractivity contribution >= 4 is 5.91 Å². The number of carbonyl (C=O) groups is 1. The third-order valence-electron chi connectivity index (χ3n) is 2.74. The summed E-state index contributed by atoms with van der Waals surface area (Å²) in [6, 6.07) is 6.87. The van der Waals surface area contributed by atoms with Crippen molar-refractivity contribution < 1.29 is 19.8 Å². The molecule has 1 aromatic rings. The predicted molar refractivity (Wildman–Crippen MR) is 74.5 cm³/mol. The fraction of sp³-hybridized carbons (Fsp3) is 0.500. The van der Waals surface area contributed by atoms with Gasteiger partial charge in [-0.1, -0.05) is 12.1 Å². The normalized spacial score (nSPS) is 12.7. The van der Waals surface area contributed by atoms with Crippen molar-refractivity contribution in [3.8, 4) is 5.75 Å². The molecule has 6 heteroatoms. The zero-order valence-corrected chi connectivity index (χ0v) is 11.8. The molecule has 0 heterocycles. The van der Waals surface area contributed by atoms with E-state index >= 15 is 0 Å². The molecule has 0 spiro atoms. The third kappa shape index (κ3) is 6.01. The molecule has 1 amide bonds. The summed E-state index contributed by atoms with van der Waals surface area (Å²) in [7, 11) is 0. The van der Waals surface area contributed by atoms with E-state index in [2.05, 4.69) is 0 Å². The molecule has 0 aliphatic heterocycles. The number of hydrogen-bond acceptors (Lipinski definition) is 5. The van der Waals surface area contributed by atoms with E-state index in [1.165, 1.54) is 0 Å². The van der Waals surface area contributed by atoms with Gasteiger partial charge < -0.3 is 20.8 Å². The Morgan fingerprint density at radius 3 is 2.45 bits per heavy atom. The number of ether oxygens (including phenoxy) is 1. The Balaban J connectivity index is 2.39. The number of primary amides is 1. The molecule has 0 aliphatic rings. The second-order valence-electron chi connectivity index (χ2n) is 4.97. The van der Waals surface area contributed by atoms with Crippen LogP contribution in [0.3, 0.4) is 0 Å². The Hall–Kier alpha value is -1.63. The molecular formula is C14H22N2O4. The number of hydrogen-bond donors (Lipinski definition) is 3. The largest absolute Gasteiger partial charge is 0.491 e. The Labute approximate surface area is 118 Å². The number of carbonyl (C=O) groups excluding carboxylic acids is 1. The summed E-state index contributed by atoms with van der Waals surface area (Å²) in [5.41, 5.74) is 5.91. The van der Waals surface area contributed by atoms with E-state index in [9.17, 15) is 15.1 Å². The van der Waals surface area contributed by atoms with Gasteiger partial charge in [0.25, 0.3) is 0 Å². The van der Waals surface area contributed by atoms with Gasteiger partial charge in [-0.3, -0.25) is 4.79 Å². The van der Waals surface area contributed by atoms with Crippen LogP contribution in [0.15, 0.2) is 24.3 Å². The number of aliphatic hydroxyl groups is 1. The summed E-state index contributed by atoms with van der Waals surface area (Å²) in [6.45, 7) is 3.85. The van der Waals surface area contributed by atoms with E-state index in [4.69, 9.17) is 10.5 Å². The van der Waals surface area contributed by atoms with Crippen molar-refractivity contribution in [3.63, 3.8) is 0 Å². The average molecular weight is 282 g/mol. The summed E-state index contributed by atoms with van der Waals surface area (Å²) in [5, 5.41) is 20.3. The standard InChI is InChI=1S/C14H22N2O4/c1-10(2)16(19)8-12(17)9-20-13-5-3-11(4-6-13)7-14(15)18/h3-6,10,12,17,19H,7-9H2,1-2H3,(H2,15,18). The lowest BCUT2D eigenvalue weighted by molar-refractivity contribution is -0.139. The lowest BCUT2D eigenvalue weighted by atomic mass is 10.1. The first-order valence-corrected chi connectivity index (χ1v) is 6.52. The molecule has 1 unspecified atom stereocenters. The third-order valence-corrected chi connectivity index (χ3v) is 2.74. The fourth-order valence-corrected chi connectivity index (χ4v) is 1.58. The van der Waals surface area contributed by atoms with Gasteiger partial charge in [-0.2, -0.15) is 5.06 Å². The zero-order chi connectivity index (χ0) is 15.1. The van der Waals surface area contributed by atoms with E-state index in [1.807, 2.05) is 13.8 Å². The van der Waals surface area contributed by atoms with E-state index in [-0.39, 0.29) is 31.5 Å². The molecule has 0 saturated heterocycles. The quantitative estimate of drug-likeness (QED) is 0.605. The number of nitrogens with two attached hydrogens (primary N) is 1. The first kappa shape index (κ1) is 16.4. The average Bonchev–Trinajstić information content (AvgIpc) is 2.37. The fourth-order valence-electron chi connectivity index (χ4n) is 1.58. The Morgan fingerprint density at radius 2 is 1.95 bits per heavy atom. The molecule has 20 heavy (non-hydrogen) atoms. The number of hydroxylamine groups is 2. The highest BCUT2D eigenvalue weighted by Gasteiger charge is 2.13. The van der Waals surface area contributed by atoms with E-state index in [1.54, 1.807) is 24.3 Å². The van der Waals surface area contributed by atoms with Crippen LogP contribution in [0.5, 0.6) is 5.75 Å². The molecule has 0 aromatic heterocycles. The molecule has 0 bridgehead atoms. The van der Waals surface area contributed by atoms with Gasteiger partial charge in [0, 0.05) is 6.04 Å². The van der Waals surface area contributed by atoms with Crippen LogP contribution >= 0.6 is 0 Å². The van der Waals surface area contributed by atoms with Gasteiger partial charge in [0.2, 0.25) is 5.91 Å². The van der Waals surface area contributed by atoms with Gasteiger partial charge in [0.15, 0.2) is 0 Å². The molecule has 112 valence electrons. The molecule has 1 rings (SSSR count). The lowest BCUT2D eigenvalue weighted by Gasteiger charge is -2.22. The molecule has 0 fully saturated rings. The first-order chi connectivity index (χ1) is 9.38. The van der Waals surface area contributed by atoms with Gasteiger partial charge >= 0.3 is 0 Å². The van der Waals surface area contributed by atoms with Gasteiger partial charge in [-0.25, -0.2) is 0 Å². The highest BCUT2D eigenvalue weighted by atomic mass is 16.5. The summed E-state index contributed by atoms with van der Waals surface area (Å²) in [4.78, 5) is 10.8. The van der Waals surface area contributed by atoms with Crippen LogP contribution in [0.25, 0.3) is 0 Å². The van der Waals surface area contributed by atoms with Crippen molar-refractivity contribution in [2.45, 2.75) is 32.4 Å². The maximum atomic E-state index is 10.8. The van der Waals surface area contributed by atoms with E-state index in [0.717, 1.165) is 10.6 Å². The van der Waals surface area contributed by atoms with Gasteiger partial charge in [-0.05, 0) is 31.5 Å². The minimum Gasteiger partial charge on any atom is -0.491 e. The second kappa shape index (κ2) is 7.84. The maximum Gasteiger partial charge on any atom is 0.221 e. The summed E-state index contributed by atoms with van der Waals surface area (Å²) < 4.78 is 5.40. The van der Waals surface area contributed by atoms with Gasteiger partial charge in [0.1, 0.15) is 18.5 Å². The molecular weight excluding hydrogens is 260 g/mol. The SMILES string of the molecule is CC(C)N(O)CC(O)COc1ccc(CC(N)=O)cc1. The number of nitrogens with zero attached hydrogens (tertiary/aromatic N) is 1. The van der Waals surface area contributed by atoms with Crippen LogP contribution in [-0.4, -0.2) is 46.6 Å². The molecule has 1 aromatic carbocycles. The summed E-state index contributed by atoms with van der Waals surface area (Å²) in [6.07, 6.45) is -0.593. The number of rotatable bonds is 8. The van der Waals surface area contributed by atoms with Crippen molar-refractivity contribution in [1.29, 1.82) is 0 Å². The van der Waals surface area contributed by atoms with E-state index < -0.39 is 6.10 Å². The van der Waals surface area contributed by atoms with Crippen LogP contribution in [0, 0.1) is 0 Å². The Morgan fingerprint density at radius 1 is 1.35 bits per heavy atom. The zero-order valence-electron chi connectivity index (χ0n) is 11.8. The Kier molecular flexibility index (Phi) is 6.44. The monoisotopic (exact) mass is 282 g/mol. The molecule has 0 saturated carbocycles. The smallest absolute Gasteiger partial charge is 0.221 e.